The summed E-state index contributed by atoms with van der Waals surface area (Å²) in [7, 11) is 0. The van der Waals surface area contributed by atoms with Crippen molar-refractivity contribution in [1.29, 1.82) is 0 Å². The summed E-state index contributed by atoms with van der Waals surface area (Å²) in [4.78, 5) is 11.4. The van der Waals surface area contributed by atoms with Crippen LogP contribution in [-0.2, 0) is 22.7 Å². The van der Waals surface area contributed by atoms with Crippen LogP contribution in [0.1, 0.15) is 30.8 Å². The van der Waals surface area contributed by atoms with E-state index in [9.17, 15) is 9.90 Å². The molecule has 1 saturated heterocycles. The van der Waals surface area contributed by atoms with Gasteiger partial charge in [0.05, 0.1) is 0 Å². The van der Waals surface area contributed by atoms with Gasteiger partial charge in [-0.15, -0.1) is 0 Å². The fourth-order valence-electron chi connectivity index (χ4n) is 1.78. The van der Waals surface area contributed by atoms with E-state index in [4.69, 9.17) is 19.0 Å². The van der Waals surface area contributed by atoms with Gasteiger partial charge in [-0.3, -0.25) is 4.79 Å². The van der Waals surface area contributed by atoms with Gasteiger partial charge in [0.25, 0.3) is 0 Å². The van der Waals surface area contributed by atoms with Gasteiger partial charge < -0.3 is 24.1 Å². The number of hydrogen-bond donors (Lipinski definition) is 2. The van der Waals surface area contributed by atoms with Crippen LogP contribution in [-0.4, -0.2) is 23.1 Å². The second-order valence-corrected chi connectivity index (χ2v) is 4.11. The fourth-order valence-corrected chi connectivity index (χ4v) is 1.78. The highest BCUT2D eigenvalue weighted by molar-refractivity contribution is 5.24. The molecule has 18 heavy (non-hydrogen) atoms. The summed E-state index contributed by atoms with van der Waals surface area (Å²) in [6.07, 6.45) is 2.61. The summed E-state index contributed by atoms with van der Waals surface area (Å²) < 4.78 is 16.0. The first-order chi connectivity index (χ1) is 8.70. The molecule has 1 aliphatic rings. The number of aliphatic hydroxyl groups is 1. The Morgan fingerprint density at radius 3 is 2.94 bits per heavy atom. The number of rotatable bonds is 4. The molecule has 1 atom stereocenters. The van der Waals surface area contributed by atoms with Gasteiger partial charge in [-0.2, -0.15) is 0 Å². The lowest BCUT2D eigenvalue weighted by atomic mass is 10.2. The first-order valence-corrected chi connectivity index (χ1v) is 5.89. The average molecular weight is 256 g/mol. The summed E-state index contributed by atoms with van der Waals surface area (Å²) in [5, 5.41) is 18.2. The Morgan fingerprint density at radius 1 is 1.44 bits per heavy atom. The highest BCUT2D eigenvalue weighted by atomic mass is 16.7. The van der Waals surface area contributed by atoms with Crippen molar-refractivity contribution < 1.29 is 24.1 Å². The zero-order valence-electron chi connectivity index (χ0n) is 9.92. The lowest BCUT2D eigenvalue weighted by Gasteiger charge is -2.22. The van der Waals surface area contributed by atoms with E-state index in [1.807, 2.05) is 0 Å². The first-order valence-electron chi connectivity index (χ1n) is 5.89. The minimum absolute atomic E-state index is 0.0766. The molecule has 2 N–H and O–H groups in total. The van der Waals surface area contributed by atoms with Crippen molar-refractivity contribution in [2.45, 2.75) is 38.8 Å². The molecular weight excluding hydrogens is 240 g/mol. The lowest BCUT2D eigenvalue weighted by molar-refractivity contribution is -0.171. The van der Waals surface area contributed by atoms with E-state index in [0.29, 0.717) is 6.61 Å². The third kappa shape index (κ3) is 3.10. The highest BCUT2D eigenvalue weighted by Crippen LogP contribution is 2.17. The Morgan fingerprint density at radius 2 is 2.28 bits per heavy atom. The standard InChI is InChI=1S/C12H16O6/c13-6-10-12(15)9(14)5-8(18-10)7-17-11-3-1-2-4-16-11/h5,11,13,15H,1-4,6-7H2. The van der Waals surface area contributed by atoms with Gasteiger partial charge in [-0.25, -0.2) is 0 Å². The van der Waals surface area contributed by atoms with Crippen molar-refractivity contribution in [3.8, 4) is 5.75 Å². The van der Waals surface area contributed by atoms with E-state index < -0.39 is 17.8 Å². The monoisotopic (exact) mass is 256 g/mol. The topological polar surface area (TPSA) is 89.1 Å². The minimum atomic E-state index is -0.589. The molecule has 0 aromatic carbocycles. The highest BCUT2D eigenvalue weighted by Gasteiger charge is 2.16. The molecular formula is C12H16O6. The van der Waals surface area contributed by atoms with Crippen molar-refractivity contribution in [1.82, 2.24) is 0 Å². The van der Waals surface area contributed by atoms with E-state index in [2.05, 4.69) is 0 Å². The van der Waals surface area contributed by atoms with Crippen LogP contribution < -0.4 is 5.43 Å². The Bertz CT molecular complexity index is 446. The molecule has 1 aromatic heterocycles. The largest absolute Gasteiger partial charge is 0.502 e. The molecule has 2 heterocycles. The summed E-state index contributed by atoms with van der Waals surface area (Å²) in [6.45, 7) is 0.216. The van der Waals surface area contributed by atoms with E-state index in [-0.39, 0.29) is 24.4 Å². The minimum Gasteiger partial charge on any atom is -0.502 e. The maximum atomic E-state index is 11.4. The molecule has 1 aromatic rings. The van der Waals surface area contributed by atoms with Crippen LogP contribution in [0.2, 0.25) is 0 Å². The van der Waals surface area contributed by atoms with Crippen molar-refractivity contribution in [3.63, 3.8) is 0 Å². The van der Waals surface area contributed by atoms with Crippen LogP contribution in [0.3, 0.4) is 0 Å². The maximum Gasteiger partial charge on any atom is 0.227 e. The zero-order valence-corrected chi connectivity index (χ0v) is 9.92. The zero-order chi connectivity index (χ0) is 13.0. The predicted octanol–water partition coefficient (Wildman–Crippen LogP) is 0.881. The predicted molar refractivity (Wildman–Crippen MR) is 60.9 cm³/mol. The van der Waals surface area contributed by atoms with Gasteiger partial charge in [0.1, 0.15) is 19.0 Å². The number of ether oxygens (including phenoxy) is 2. The molecule has 0 aliphatic carbocycles. The molecule has 0 radical (unpaired) electrons. The maximum absolute atomic E-state index is 11.4. The van der Waals surface area contributed by atoms with Crippen molar-refractivity contribution in [3.05, 3.63) is 27.8 Å². The number of aromatic hydroxyl groups is 1. The lowest BCUT2D eigenvalue weighted by Crippen LogP contribution is -2.22. The molecule has 1 unspecified atom stereocenters. The second-order valence-electron chi connectivity index (χ2n) is 4.11. The van der Waals surface area contributed by atoms with Gasteiger partial charge in [0.2, 0.25) is 11.2 Å². The fraction of sp³-hybridized carbons (Fsp3) is 0.583. The van der Waals surface area contributed by atoms with Crippen molar-refractivity contribution in [2.24, 2.45) is 0 Å². The second kappa shape index (κ2) is 5.99. The Labute approximate surface area is 104 Å². The van der Waals surface area contributed by atoms with Crippen molar-refractivity contribution in [2.75, 3.05) is 6.61 Å². The van der Waals surface area contributed by atoms with Gasteiger partial charge in [-0.05, 0) is 19.3 Å². The van der Waals surface area contributed by atoms with Crippen LogP contribution in [0.5, 0.6) is 5.75 Å². The summed E-state index contributed by atoms with van der Waals surface area (Å²) in [6, 6.07) is 1.15. The van der Waals surface area contributed by atoms with E-state index in [1.165, 1.54) is 0 Å². The van der Waals surface area contributed by atoms with Crippen LogP contribution in [0.25, 0.3) is 0 Å². The number of hydrogen-bond acceptors (Lipinski definition) is 6. The first kappa shape index (κ1) is 13.1. The van der Waals surface area contributed by atoms with Gasteiger partial charge in [-0.1, -0.05) is 0 Å². The normalized spacial score (nSPS) is 19.9. The Hall–Kier alpha value is -1.37. The molecule has 0 saturated carbocycles. The third-order valence-electron chi connectivity index (χ3n) is 2.74. The average Bonchev–Trinajstić information content (AvgIpc) is 2.41. The van der Waals surface area contributed by atoms with Crippen LogP contribution in [0, 0.1) is 0 Å². The third-order valence-corrected chi connectivity index (χ3v) is 2.74. The molecule has 0 bridgehead atoms. The van der Waals surface area contributed by atoms with E-state index in [1.54, 1.807) is 0 Å². The summed E-state index contributed by atoms with van der Waals surface area (Å²) >= 11 is 0. The molecule has 100 valence electrons. The van der Waals surface area contributed by atoms with Crippen LogP contribution >= 0.6 is 0 Å². The van der Waals surface area contributed by atoms with Crippen molar-refractivity contribution >= 4 is 0 Å². The van der Waals surface area contributed by atoms with E-state index in [0.717, 1.165) is 25.3 Å². The SMILES string of the molecule is O=c1cc(COC2CCCCO2)oc(CO)c1O. The Balaban J connectivity index is 2.00. The smallest absolute Gasteiger partial charge is 0.227 e. The molecule has 2 rings (SSSR count). The van der Waals surface area contributed by atoms with Crippen LogP contribution in [0.4, 0.5) is 0 Å². The van der Waals surface area contributed by atoms with Gasteiger partial charge >= 0.3 is 0 Å². The van der Waals surface area contributed by atoms with Crippen LogP contribution in [0.15, 0.2) is 15.3 Å². The summed E-state index contributed by atoms with van der Waals surface area (Å²) in [5.41, 5.74) is -0.589. The molecule has 0 amide bonds. The molecule has 0 spiro atoms. The molecule has 6 nitrogen and oxygen atoms in total. The molecule has 1 fully saturated rings. The molecule has 1 aliphatic heterocycles. The number of aliphatic hydroxyl groups excluding tert-OH is 1. The van der Waals surface area contributed by atoms with E-state index >= 15 is 0 Å². The van der Waals surface area contributed by atoms with Gasteiger partial charge in [0.15, 0.2) is 12.1 Å². The summed E-state index contributed by atoms with van der Waals surface area (Å²) in [5.74, 6) is -0.447. The van der Waals surface area contributed by atoms with Gasteiger partial charge in [0, 0.05) is 12.7 Å². The quantitative estimate of drug-likeness (QED) is 0.831. The Kier molecular flexibility index (Phi) is 4.35. The molecule has 6 heteroatoms.